The van der Waals surface area contributed by atoms with Gasteiger partial charge in [-0.25, -0.2) is 0 Å². The molecule has 8 N–H and O–H groups in total. The Morgan fingerprint density at radius 3 is 0.840 bits per heavy atom. The second-order valence-corrected chi connectivity index (χ2v) is 10.1. The monoisotopic (exact) mass is 472 g/mol. The molecule has 0 radical (unpaired) electrons. The first kappa shape index (κ1) is 25.4. The number of hydrogen-bond acceptors (Lipinski definition) is 12. The maximum absolute atomic E-state index is 13.0. The van der Waals surface area contributed by atoms with Crippen molar-refractivity contribution in [1.82, 2.24) is 0 Å². The van der Waals surface area contributed by atoms with E-state index >= 15 is 0 Å². The molecule has 0 spiro atoms. The van der Waals surface area contributed by atoms with Crippen LogP contribution < -0.4 is 22.9 Å². The van der Waals surface area contributed by atoms with Crippen LogP contribution in [-0.4, -0.2) is 65.9 Å². The van der Waals surface area contributed by atoms with Crippen molar-refractivity contribution >= 4 is 69.2 Å². The molecule has 0 aromatic carbocycles. The SMILES string of the molecule is NC(CS)[C](=O)[Fe]([C](=O)C(N)CS)([C](=O)C(N)CS)[C](=O)C(N)CS. The molecule has 0 saturated carbocycles. The van der Waals surface area contributed by atoms with E-state index in [0.29, 0.717) is 0 Å². The van der Waals surface area contributed by atoms with E-state index in [-0.39, 0.29) is 23.0 Å². The van der Waals surface area contributed by atoms with Gasteiger partial charge in [-0.3, -0.25) is 0 Å². The Labute approximate surface area is 170 Å². The summed E-state index contributed by atoms with van der Waals surface area (Å²) < 4.78 is -4.08. The summed E-state index contributed by atoms with van der Waals surface area (Å²) >= 11 is 11.1. The predicted octanol–water partition coefficient (Wildman–Crippen LogP) is -2.72. The number of nitrogens with two attached hydrogens (primary N) is 4. The first-order valence-corrected chi connectivity index (χ1v) is 11.6. The van der Waals surface area contributed by atoms with Gasteiger partial charge in [-0.15, -0.1) is 0 Å². The van der Waals surface area contributed by atoms with E-state index < -0.39 is 55.7 Å². The Bertz CT molecular complexity index is 446. The quantitative estimate of drug-likeness (QED) is 0.112. The maximum atomic E-state index is 13.0. The fraction of sp³-hybridized carbons (Fsp3) is 0.667. The van der Waals surface area contributed by atoms with E-state index in [9.17, 15) is 19.2 Å². The van der Waals surface area contributed by atoms with Crippen LogP contribution in [0.15, 0.2) is 0 Å². The van der Waals surface area contributed by atoms with Gasteiger partial charge in [0.15, 0.2) is 0 Å². The molecule has 0 aliphatic heterocycles. The number of carbonyl (C=O) groups is 4. The fourth-order valence-electron chi connectivity index (χ4n) is 1.58. The third-order valence-corrected chi connectivity index (χ3v) is 9.44. The van der Waals surface area contributed by atoms with Crippen LogP contribution in [0.25, 0.3) is 0 Å². The summed E-state index contributed by atoms with van der Waals surface area (Å²) in [5.41, 5.74) is 22.8. The summed E-state index contributed by atoms with van der Waals surface area (Å²) in [6.45, 7) is 0. The molecular weight excluding hydrogens is 448 g/mol. The molecule has 0 rings (SSSR count). The molecule has 4 unspecified atom stereocenters. The first-order valence-electron chi connectivity index (χ1n) is 6.91. The number of carbonyl (C=O) groups excluding carboxylic acids is 4. The average Bonchev–Trinajstić information content (AvgIpc) is 2.64. The van der Waals surface area contributed by atoms with E-state index in [1.54, 1.807) is 0 Å². The van der Waals surface area contributed by atoms with Gasteiger partial charge in [0.1, 0.15) is 0 Å². The van der Waals surface area contributed by atoms with Crippen LogP contribution in [0.4, 0.5) is 0 Å². The fourth-order valence-corrected chi connectivity index (χ4v) is 7.41. The predicted molar refractivity (Wildman–Crippen MR) is 107 cm³/mol. The van der Waals surface area contributed by atoms with Crippen LogP contribution in [-0.2, 0) is 32.0 Å². The molecule has 0 aliphatic carbocycles. The molecule has 8 nitrogen and oxygen atoms in total. The van der Waals surface area contributed by atoms with Gasteiger partial charge >= 0.3 is 171 Å². The van der Waals surface area contributed by atoms with Gasteiger partial charge in [-0.1, -0.05) is 0 Å². The minimum atomic E-state index is -4.60. The number of rotatable bonds is 12. The molecule has 0 bridgehead atoms. The summed E-state index contributed by atoms with van der Waals surface area (Å²) in [7, 11) is 0. The van der Waals surface area contributed by atoms with Crippen molar-refractivity contribution in [2.45, 2.75) is 24.2 Å². The Kier molecular flexibility index (Phi) is 11.5. The van der Waals surface area contributed by atoms with E-state index in [4.69, 9.17) is 22.9 Å². The van der Waals surface area contributed by atoms with Crippen molar-refractivity contribution in [2.24, 2.45) is 22.9 Å². The Morgan fingerprint density at radius 2 is 0.720 bits per heavy atom. The second kappa shape index (κ2) is 11.3. The minimum absolute atomic E-state index is 0.180. The Hall–Kier alpha value is 0.439. The normalized spacial score (nSPS) is 19.8. The molecule has 148 valence electrons. The van der Waals surface area contributed by atoms with Gasteiger partial charge in [0.2, 0.25) is 0 Å². The Balaban J connectivity index is 6.72. The molecule has 0 amide bonds. The third kappa shape index (κ3) is 5.24. The molecule has 25 heavy (non-hydrogen) atoms. The van der Waals surface area contributed by atoms with Gasteiger partial charge in [0.25, 0.3) is 0 Å². The standard InChI is InChI=1S/4C3H6NOS.Fe/c4*4-3(1-5)2-6;/h4*3,6H,2,4H2;. The molecule has 0 aromatic rings. The van der Waals surface area contributed by atoms with E-state index in [2.05, 4.69) is 50.5 Å². The Morgan fingerprint density at radius 1 is 0.560 bits per heavy atom. The first-order chi connectivity index (χ1) is 11.6. The van der Waals surface area contributed by atoms with Crippen molar-refractivity contribution < 1.29 is 32.0 Å². The molecule has 0 fully saturated rings. The zero-order valence-corrected chi connectivity index (χ0v) is 17.9. The van der Waals surface area contributed by atoms with Crippen LogP contribution in [0.2, 0.25) is 0 Å². The van der Waals surface area contributed by atoms with Crippen molar-refractivity contribution in [2.75, 3.05) is 23.0 Å². The molecule has 4 atom stereocenters. The third-order valence-electron chi connectivity index (χ3n) is 2.96. The van der Waals surface area contributed by atoms with Gasteiger partial charge in [0, 0.05) is 0 Å². The molecule has 0 saturated heterocycles. The average molecular weight is 472 g/mol. The van der Waals surface area contributed by atoms with E-state index in [1.807, 2.05) is 0 Å². The molecular formula is C12H24FeN4O4S4. The van der Waals surface area contributed by atoms with Crippen LogP contribution in [0.3, 0.4) is 0 Å². The zero-order valence-electron chi connectivity index (χ0n) is 13.2. The van der Waals surface area contributed by atoms with E-state index in [1.165, 1.54) is 0 Å². The molecule has 0 aliphatic rings. The van der Waals surface area contributed by atoms with Crippen molar-refractivity contribution in [3.8, 4) is 0 Å². The summed E-state index contributed by atoms with van der Waals surface area (Å²) in [4.78, 5) is 51.8. The second-order valence-electron chi connectivity index (χ2n) is 4.85. The van der Waals surface area contributed by atoms with Crippen LogP contribution in [0.1, 0.15) is 0 Å². The molecule has 0 heterocycles. The van der Waals surface area contributed by atoms with Gasteiger partial charge in [0.05, 0.1) is 0 Å². The van der Waals surface area contributed by atoms with Crippen LogP contribution in [0.5, 0.6) is 0 Å². The molecule has 13 heteroatoms. The van der Waals surface area contributed by atoms with Crippen LogP contribution in [0, 0.1) is 0 Å². The number of hydrogen-bond donors (Lipinski definition) is 8. The topological polar surface area (TPSA) is 172 Å². The van der Waals surface area contributed by atoms with Gasteiger partial charge in [-0.2, -0.15) is 0 Å². The summed E-state index contributed by atoms with van der Waals surface area (Å²) in [6.07, 6.45) is 0. The summed E-state index contributed by atoms with van der Waals surface area (Å²) in [6, 6.07) is -5.31. The summed E-state index contributed by atoms with van der Waals surface area (Å²) in [5.74, 6) is -0.721. The summed E-state index contributed by atoms with van der Waals surface area (Å²) in [5, 5.41) is 0. The number of thiol groups is 4. The van der Waals surface area contributed by atoms with Crippen LogP contribution >= 0.6 is 50.5 Å². The van der Waals surface area contributed by atoms with Crippen molar-refractivity contribution in [3.63, 3.8) is 0 Å². The molecule has 0 aromatic heterocycles. The zero-order chi connectivity index (χ0) is 19.9. The van der Waals surface area contributed by atoms with Crippen molar-refractivity contribution in [3.05, 3.63) is 0 Å². The van der Waals surface area contributed by atoms with Gasteiger partial charge < -0.3 is 0 Å². The van der Waals surface area contributed by atoms with E-state index in [0.717, 1.165) is 0 Å². The van der Waals surface area contributed by atoms with Crippen molar-refractivity contribution in [1.29, 1.82) is 0 Å². The van der Waals surface area contributed by atoms with Gasteiger partial charge in [-0.05, 0) is 0 Å².